The zero-order chi connectivity index (χ0) is 13.1. The first-order valence-electron chi connectivity index (χ1n) is 7.46. The fourth-order valence-electron chi connectivity index (χ4n) is 3.36. The lowest BCUT2D eigenvalue weighted by Gasteiger charge is -2.32. The van der Waals surface area contributed by atoms with Crippen molar-refractivity contribution in [3.63, 3.8) is 0 Å². The Morgan fingerprint density at radius 1 is 1.21 bits per heavy atom. The molecule has 1 N–H and O–H groups in total. The van der Waals surface area contributed by atoms with E-state index in [-0.39, 0.29) is 0 Å². The van der Waals surface area contributed by atoms with Crippen LogP contribution in [0.1, 0.15) is 44.1 Å². The van der Waals surface area contributed by atoms with Crippen LogP contribution in [0, 0.1) is 0 Å². The van der Waals surface area contributed by atoms with Crippen molar-refractivity contribution >= 4 is 10.9 Å². The monoisotopic (exact) mass is 254 g/mol. The fraction of sp³-hybridized carbons (Fsp3) is 0.471. The van der Waals surface area contributed by atoms with Crippen molar-refractivity contribution in [2.75, 3.05) is 6.54 Å². The van der Waals surface area contributed by atoms with E-state index in [1.807, 2.05) is 12.3 Å². The van der Waals surface area contributed by atoms with Gasteiger partial charge in [-0.3, -0.25) is 4.98 Å². The normalized spacial score (nSPS) is 23.6. The van der Waals surface area contributed by atoms with Crippen molar-refractivity contribution in [3.05, 3.63) is 42.1 Å². The van der Waals surface area contributed by atoms with E-state index in [2.05, 4.69) is 41.5 Å². The molecule has 2 heteroatoms. The number of hydrogen-bond acceptors (Lipinski definition) is 2. The number of fused-ring (bicyclic) bond motifs is 1. The predicted molar refractivity (Wildman–Crippen MR) is 80.4 cm³/mol. The first-order valence-corrected chi connectivity index (χ1v) is 7.46. The number of pyridine rings is 1. The summed E-state index contributed by atoms with van der Waals surface area (Å²) in [5.74, 6) is 0.665. The average Bonchev–Trinajstić information content (AvgIpc) is 2.48. The zero-order valence-electron chi connectivity index (χ0n) is 11.6. The molecule has 0 aliphatic heterocycles. The quantitative estimate of drug-likeness (QED) is 0.899. The highest BCUT2D eigenvalue weighted by Crippen LogP contribution is 2.34. The van der Waals surface area contributed by atoms with Crippen molar-refractivity contribution in [1.29, 1.82) is 0 Å². The van der Waals surface area contributed by atoms with E-state index in [0.29, 0.717) is 12.0 Å². The summed E-state index contributed by atoms with van der Waals surface area (Å²) >= 11 is 0. The third-order valence-electron chi connectivity index (χ3n) is 4.29. The topological polar surface area (TPSA) is 24.9 Å². The van der Waals surface area contributed by atoms with E-state index in [9.17, 15) is 0 Å². The minimum absolute atomic E-state index is 0.646. The van der Waals surface area contributed by atoms with Crippen LogP contribution < -0.4 is 5.32 Å². The van der Waals surface area contributed by atoms with Crippen molar-refractivity contribution < 1.29 is 0 Å². The van der Waals surface area contributed by atoms with E-state index in [1.165, 1.54) is 36.6 Å². The Hall–Kier alpha value is -1.41. The second-order valence-electron chi connectivity index (χ2n) is 5.51. The molecule has 2 atom stereocenters. The Morgan fingerprint density at radius 2 is 2.11 bits per heavy atom. The number of hydrogen-bond donors (Lipinski definition) is 1. The molecule has 1 heterocycles. The highest BCUT2D eigenvalue weighted by atomic mass is 14.9. The van der Waals surface area contributed by atoms with E-state index in [0.717, 1.165) is 12.1 Å². The van der Waals surface area contributed by atoms with Gasteiger partial charge in [0.05, 0.1) is 5.52 Å². The van der Waals surface area contributed by atoms with Gasteiger partial charge in [-0.15, -0.1) is 0 Å². The maximum atomic E-state index is 4.41. The van der Waals surface area contributed by atoms with Gasteiger partial charge in [0.2, 0.25) is 0 Å². The molecule has 2 nitrogen and oxygen atoms in total. The molecule has 1 aromatic heterocycles. The number of nitrogens with zero attached hydrogens (tertiary/aromatic N) is 1. The maximum absolute atomic E-state index is 4.41. The number of aromatic nitrogens is 1. The molecule has 19 heavy (non-hydrogen) atoms. The lowest BCUT2D eigenvalue weighted by Crippen LogP contribution is -2.37. The van der Waals surface area contributed by atoms with Gasteiger partial charge in [0.1, 0.15) is 0 Å². The Labute approximate surface area is 115 Å². The highest BCUT2D eigenvalue weighted by Gasteiger charge is 2.25. The van der Waals surface area contributed by atoms with Crippen molar-refractivity contribution in [1.82, 2.24) is 10.3 Å². The van der Waals surface area contributed by atoms with Crippen LogP contribution in [-0.4, -0.2) is 17.6 Å². The molecule has 1 fully saturated rings. The Bertz CT molecular complexity index is 548. The largest absolute Gasteiger partial charge is 0.314 e. The molecule has 2 unspecified atom stereocenters. The molecule has 100 valence electrons. The van der Waals surface area contributed by atoms with Gasteiger partial charge in [0, 0.05) is 17.6 Å². The van der Waals surface area contributed by atoms with Crippen molar-refractivity contribution in [3.8, 4) is 0 Å². The fourth-order valence-corrected chi connectivity index (χ4v) is 3.36. The molecule has 2 aromatic rings. The van der Waals surface area contributed by atoms with Crippen LogP contribution in [0.3, 0.4) is 0 Å². The molecule has 0 amide bonds. The molecule has 1 saturated carbocycles. The predicted octanol–water partition coefficient (Wildman–Crippen LogP) is 3.87. The number of rotatable bonds is 3. The lowest BCUT2D eigenvalue weighted by molar-refractivity contribution is 0.333. The summed E-state index contributed by atoms with van der Waals surface area (Å²) in [6.07, 6.45) is 7.21. The highest BCUT2D eigenvalue weighted by molar-refractivity contribution is 5.79. The van der Waals surface area contributed by atoms with Gasteiger partial charge >= 0.3 is 0 Å². The van der Waals surface area contributed by atoms with Crippen LogP contribution in [0.15, 0.2) is 36.5 Å². The van der Waals surface area contributed by atoms with Crippen LogP contribution in [-0.2, 0) is 0 Å². The van der Waals surface area contributed by atoms with Crippen LogP contribution in [0.4, 0.5) is 0 Å². The summed E-state index contributed by atoms with van der Waals surface area (Å²) in [5, 5.41) is 4.93. The summed E-state index contributed by atoms with van der Waals surface area (Å²) in [5.41, 5.74) is 2.58. The Kier molecular flexibility index (Phi) is 3.79. The van der Waals surface area contributed by atoms with Gasteiger partial charge in [0.25, 0.3) is 0 Å². The molecule has 1 aromatic carbocycles. The van der Waals surface area contributed by atoms with E-state index >= 15 is 0 Å². The van der Waals surface area contributed by atoms with Gasteiger partial charge in [-0.25, -0.2) is 0 Å². The molecule has 0 radical (unpaired) electrons. The van der Waals surface area contributed by atoms with Gasteiger partial charge in [-0.1, -0.05) is 31.9 Å². The average molecular weight is 254 g/mol. The summed E-state index contributed by atoms with van der Waals surface area (Å²) in [4.78, 5) is 4.41. The summed E-state index contributed by atoms with van der Waals surface area (Å²) in [6, 6.07) is 11.6. The molecule has 1 aliphatic rings. The minimum Gasteiger partial charge on any atom is -0.314 e. The minimum atomic E-state index is 0.646. The van der Waals surface area contributed by atoms with Crippen LogP contribution >= 0.6 is 0 Å². The first kappa shape index (κ1) is 12.6. The molecule has 0 saturated heterocycles. The van der Waals surface area contributed by atoms with Crippen LogP contribution in [0.5, 0.6) is 0 Å². The third kappa shape index (κ3) is 2.64. The SMILES string of the molecule is CCNC1CCCCC1c1ccc2ncccc2c1. The number of likely N-dealkylation sites (N-methyl/N-ethyl adjacent to an activating group) is 1. The van der Waals surface area contributed by atoms with Crippen LogP contribution in [0.25, 0.3) is 10.9 Å². The molecule has 1 aliphatic carbocycles. The third-order valence-corrected chi connectivity index (χ3v) is 4.29. The standard InChI is InChI=1S/C17H22N2/c1-2-18-17-8-4-3-7-15(17)13-9-10-16-14(12-13)6-5-11-19-16/h5-6,9-12,15,17-18H,2-4,7-8H2,1H3. The number of benzene rings is 1. The Balaban J connectivity index is 1.92. The molecular weight excluding hydrogens is 232 g/mol. The number of nitrogens with one attached hydrogen (secondary N) is 1. The zero-order valence-corrected chi connectivity index (χ0v) is 11.6. The van der Waals surface area contributed by atoms with E-state index in [1.54, 1.807) is 0 Å². The maximum Gasteiger partial charge on any atom is 0.0702 e. The van der Waals surface area contributed by atoms with Gasteiger partial charge in [-0.05, 0) is 49.1 Å². The molecule has 0 bridgehead atoms. The van der Waals surface area contributed by atoms with Gasteiger partial charge in [0.15, 0.2) is 0 Å². The second-order valence-corrected chi connectivity index (χ2v) is 5.51. The second kappa shape index (κ2) is 5.70. The Morgan fingerprint density at radius 3 is 3.00 bits per heavy atom. The summed E-state index contributed by atoms with van der Waals surface area (Å²) in [6.45, 7) is 3.27. The molecule has 3 rings (SSSR count). The van der Waals surface area contributed by atoms with Gasteiger partial charge in [-0.2, -0.15) is 0 Å². The lowest BCUT2D eigenvalue weighted by atomic mass is 9.79. The smallest absolute Gasteiger partial charge is 0.0702 e. The molecule has 0 spiro atoms. The molecular formula is C17H22N2. The van der Waals surface area contributed by atoms with Crippen LogP contribution in [0.2, 0.25) is 0 Å². The van der Waals surface area contributed by atoms with Crippen molar-refractivity contribution in [2.45, 2.75) is 44.6 Å². The van der Waals surface area contributed by atoms with E-state index in [4.69, 9.17) is 0 Å². The summed E-state index contributed by atoms with van der Waals surface area (Å²) < 4.78 is 0. The van der Waals surface area contributed by atoms with E-state index < -0.39 is 0 Å². The summed E-state index contributed by atoms with van der Waals surface area (Å²) in [7, 11) is 0. The van der Waals surface area contributed by atoms with Gasteiger partial charge < -0.3 is 5.32 Å². The first-order chi connectivity index (χ1) is 9.38. The van der Waals surface area contributed by atoms with Crippen molar-refractivity contribution in [2.24, 2.45) is 0 Å².